The number of rotatable bonds is 4. The predicted molar refractivity (Wildman–Crippen MR) is 83.1 cm³/mol. The van der Waals surface area contributed by atoms with E-state index in [-0.39, 0.29) is 18.0 Å². The number of aromatic nitrogens is 4. The quantitative estimate of drug-likeness (QED) is 0.850. The molecule has 1 saturated heterocycles. The van der Waals surface area contributed by atoms with Gasteiger partial charge in [-0.25, -0.2) is 14.4 Å². The number of hydrogen-bond acceptors (Lipinski definition) is 7. The number of halogens is 1. The van der Waals surface area contributed by atoms with Crippen LogP contribution in [0.15, 0.2) is 10.9 Å². The number of aryl methyl sites for hydroxylation is 1. The Hall–Kier alpha value is -2.09. The summed E-state index contributed by atoms with van der Waals surface area (Å²) in [5, 5.41) is 4.04. The van der Waals surface area contributed by atoms with Gasteiger partial charge >= 0.3 is 0 Å². The van der Waals surface area contributed by atoms with Gasteiger partial charge in [0.25, 0.3) is 5.89 Å². The lowest BCUT2D eigenvalue weighted by molar-refractivity contribution is -0.0335. The maximum absolute atomic E-state index is 14.6. The van der Waals surface area contributed by atoms with E-state index in [1.54, 1.807) is 0 Å². The third kappa shape index (κ3) is 2.86. The molecule has 2 aromatic rings. The van der Waals surface area contributed by atoms with Crippen LogP contribution >= 0.6 is 0 Å². The Morgan fingerprint density at radius 3 is 2.88 bits per heavy atom. The summed E-state index contributed by atoms with van der Waals surface area (Å²) < 4.78 is 25.9. The zero-order chi connectivity index (χ0) is 16.7. The van der Waals surface area contributed by atoms with Gasteiger partial charge in [0.1, 0.15) is 6.33 Å². The summed E-state index contributed by atoms with van der Waals surface area (Å²) in [6, 6.07) is 0. The largest absolute Gasteiger partial charge is 0.362 e. The molecule has 2 fully saturated rings. The Bertz CT molecular complexity index is 733. The molecule has 128 valence electrons. The Balaban J connectivity index is 1.58. The minimum atomic E-state index is -0.381. The molecule has 0 radical (unpaired) electrons. The molecule has 4 rings (SSSR count). The second-order valence-corrected chi connectivity index (χ2v) is 6.42. The average molecular weight is 333 g/mol. The lowest BCUT2D eigenvalue weighted by atomic mass is 10.2. The zero-order valence-electron chi connectivity index (χ0n) is 13.8. The molecule has 0 bridgehead atoms. The minimum absolute atomic E-state index is 0.0977. The summed E-state index contributed by atoms with van der Waals surface area (Å²) in [5.74, 6) is 1.57. The van der Waals surface area contributed by atoms with Crippen molar-refractivity contribution in [2.45, 2.75) is 51.2 Å². The van der Waals surface area contributed by atoms with Crippen molar-refractivity contribution >= 4 is 5.82 Å². The van der Waals surface area contributed by atoms with E-state index in [4.69, 9.17) is 9.26 Å². The highest BCUT2D eigenvalue weighted by molar-refractivity contribution is 5.42. The lowest BCUT2D eigenvalue weighted by Gasteiger charge is -2.36. The summed E-state index contributed by atoms with van der Waals surface area (Å²) in [4.78, 5) is 14.5. The average Bonchev–Trinajstić information content (AvgIpc) is 3.31. The Labute approximate surface area is 139 Å². The second-order valence-electron chi connectivity index (χ2n) is 6.42. The fourth-order valence-corrected chi connectivity index (χ4v) is 3.01. The standard InChI is InChI=1S/C16H20FN5O2/c1-3-11-13(17)15(19-8-18-11)22-6-9(2)23-12(7-22)16-20-14(21-24-16)10-4-5-10/h8-10,12H,3-7H2,1-2H3/t9-,12-/m1/s1. The van der Waals surface area contributed by atoms with E-state index in [9.17, 15) is 4.39 Å². The predicted octanol–water partition coefficient (Wildman–Crippen LogP) is 2.40. The molecule has 3 heterocycles. The van der Waals surface area contributed by atoms with Crippen molar-refractivity contribution < 1.29 is 13.7 Å². The van der Waals surface area contributed by atoms with Crippen LogP contribution in [0.1, 0.15) is 56.1 Å². The van der Waals surface area contributed by atoms with Crippen LogP contribution in [0.3, 0.4) is 0 Å². The first-order chi connectivity index (χ1) is 11.7. The van der Waals surface area contributed by atoms with Gasteiger partial charge in [-0.05, 0) is 26.2 Å². The third-order valence-corrected chi connectivity index (χ3v) is 4.41. The molecule has 8 heteroatoms. The van der Waals surface area contributed by atoms with Gasteiger partial charge in [-0.1, -0.05) is 12.1 Å². The van der Waals surface area contributed by atoms with Crippen LogP contribution < -0.4 is 4.90 Å². The molecule has 2 aliphatic rings. The Morgan fingerprint density at radius 1 is 1.29 bits per heavy atom. The third-order valence-electron chi connectivity index (χ3n) is 4.41. The molecule has 2 aromatic heterocycles. The van der Waals surface area contributed by atoms with Crippen LogP contribution in [0, 0.1) is 5.82 Å². The highest BCUT2D eigenvalue weighted by Gasteiger charge is 2.35. The van der Waals surface area contributed by atoms with E-state index >= 15 is 0 Å². The van der Waals surface area contributed by atoms with Crippen LogP contribution in [0.4, 0.5) is 10.2 Å². The maximum Gasteiger partial charge on any atom is 0.257 e. The fraction of sp³-hybridized carbons (Fsp3) is 0.625. The van der Waals surface area contributed by atoms with Gasteiger partial charge in [0.15, 0.2) is 23.6 Å². The summed E-state index contributed by atoms with van der Waals surface area (Å²) in [7, 11) is 0. The van der Waals surface area contributed by atoms with E-state index in [0.717, 1.165) is 18.7 Å². The number of ether oxygens (including phenoxy) is 1. The van der Waals surface area contributed by atoms with Gasteiger partial charge in [0.05, 0.1) is 18.3 Å². The molecular weight excluding hydrogens is 313 g/mol. The van der Waals surface area contributed by atoms with E-state index in [2.05, 4.69) is 20.1 Å². The summed E-state index contributed by atoms with van der Waals surface area (Å²) >= 11 is 0. The topological polar surface area (TPSA) is 77.2 Å². The highest BCUT2D eigenvalue weighted by atomic mass is 19.1. The van der Waals surface area contributed by atoms with Crippen molar-refractivity contribution in [3.63, 3.8) is 0 Å². The molecule has 1 saturated carbocycles. The summed E-state index contributed by atoms with van der Waals surface area (Å²) in [6.07, 6.45) is 3.68. The summed E-state index contributed by atoms with van der Waals surface area (Å²) in [6.45, 7) is 4.79. The SMILES string of the molecule is CCc1ncnc(N2C[C@@H](C)O[C@@H](c3nc(C4CC4)no3)C2)c1F. The van der Waals surface area contributed by atoms with Crippen LogP contribution in [0.5, 0.6) is 0 Å². The first-order valence-electron chi connectivity index (χ1n) is 8.39. The van der Waals surface area contributed by atoms with Crippen LogP contribution in [0.2, 0.25) is 0 Å². The van der Waals surface area contributed by atoms with Crippen molar-refractivity contribution in [1.29, 1.82) is 0 Å². The summed E-state index contributed by atoms with van der Waals surface area (Å²) in [5.41, 5.74) is 0.421. The molecule has 2 atom stereocenters. The number of nitrogens with zero attached hydrogens (tertiary/aromatic N) is 5. The minimum Gasteiger partial charge on any atom is -0.362 e. The zero-order valence-corrected chi connectivity index (χ0v) is 13.8. The van der Waals surface area contributed by atoms with E-state index in [1.807, 2.05) is 18.7 Å². The highest BCUT2D eigenvalue weighted by Crippen LogP contribution is 2.39. The number of morpholine rings is 1. The molecule has 7 nitrogen and oxygen atoms in total. The van der Waals surface area contributed by atoms with Crippen molar-refractivity contribution in [1.82, 2.24) is 20.1 Å². The Morgan fingerprint density at radius 2 is 2.12 bits per heavy atom. The van der Waals surface area contributed by atoms with Crippen molar-refractivity contribution in [3.05, 3.63) is 29.6 Å². The Kier molecular flexibility index (Phi) is 3.91. The molecule has 0 aromatic carbocycles. The van der Waals surface area contributed by atoms with Gasteiger partial charge in [0, 0.05) is 12.5 Å². The van der Waals surface area contributed by atoms with E-state index in [0.29, 0.717) is 42.8 Å². The number of hydrogen-bond donors (Lipinski definition) is 0. The van der Waals surface area contributed by atoms with Crippen LogP contribution in [-0.2, 0) is 11.2 Å². The van der Waals surface area contributed by atoms with E-state index < -0.39 is 0 Å². The van der Waals surface area contributed by atoms with Gasteiger partial charge in [0.2, 0.25) is 0 Å². The first-order valence-corrected chi connectivity index (χ1v) is 8.39. The van der Waals surface area contributed by atoms with Crippen LogP contribution in [-0.4, -0.2) is 39.3 Å². The second kappa shape index (κ2) is 6.08. The van der Waals surface area contributed by atoms with Crippen molar-refractivity contribution in [2.75, 3.05) is 18.0 Å². The molecule has 0 spiro atoms. The molecule has 0 unspecified atom stereocenters. The van der Waals surface area contributed by atoms with Gasteiger partial charge in [-0.3, -0.25) is 0 Å². The normalized spacial score (nSPS) is 24.4. The first kappa shape index (κ1) is 15.4. The molecule has 1 aliphatic carbocycles. The molecular formula is C16H20FN5O2. The van der Waals surface area contributed by atoms with Gasteiger partial charge < -0.3 is 14.2 Å². The molecule has 0 N–H and O–H groups in total. The lowest BCUT2D eigenvalue weighted by Crippen LogP contribution is -2.44. The molecule has 1 aliphatic heterocycles. The van der Waals surface area contributed by atoms with Gasteiger partial charge in [-0.15, -0.1) is 0 Å². The smallest absolute Gasteiger partial charge is 0.257 e. The van der Waals surface area contributed by atoms with Crippen molar-refractivity contribution in [2.24, 2.45) is 0 Å². The number of anilines is 1. The van der Waals surface area contributed by atoms with E-state index in [1.165, 1.54) is 6.33 Å². The molecule has 0 amide bonds. The maximum atomic E-state index is 14.6. The molecule has 24 heavy (non-hydrogen) atoms. The van der Waals surface area contributed by atoms with Gasteiger partial charge in [-0.2, -0.15) is 4.98 Å². The monoisotopic (exact) mass is 333 g/mol. The van der Waals surface area contributed by atoms with Crippen LogP contribution in [0.25, 0.3) is 0 Å². The fourth-order valence-electron chi connectivity index (χ4n) is 3.01. The van der Waals surface area contributed by atoms with Crippen molar-refractivity contribution in [3.8, 4) is 0 Å².